The molecule has 2 N–H and O–H groups in total. The van der Waals surface area contributed by atoms with E-state index >= 15 is 0 Å². The Balaban J connectivity index is 1.76. The van der Waals surface area contributed by atoms with E-state index in [1.165, 1.54) is 5.56 Å². The smallest absolute Gasteiger partial charge is 0.148 e. The monoisotopic (exact) mass is 427 g/mol. The van der Waals surface area contributed by atoms with Crippen molar-refractivity contribution >= 4 is 29.0 Å². The maximum Gasteiger partial charge on any atom is 0.148 e. The van der Waals surface area contributed by atoms with E-state index in [1.54, 1.807) is 6.07 Å². The first-order valence-corrected chi connectivity index (χ1v) is 10.6. The first-order valence-electron chi connectivity index (χ1n) is 9.89. The Morgan fingerprint density at radius 1 is 1.03 bits per heavy atom. The van der Waals surface area contributed by atoms with Gasteiger partial charge in [0, 0.05) is 17.0 Å². The summed E-state index contributed by atoms with van der Waals surface area (Å²) in [7, 11) is 0. The molecule has 0 aliphatic heterocycles. The summed E-state index contributed by atoms with van der Waals surface area (Å²) >= 11 is 12.5. The minimum Gasteiger partial charge on any atom is -0.390 e. The van der Waals surface area contributed by atoms with Crippen LogP contribution >= 0.6 is 23.2 Å². The second-order valence-corrected chi connectivity index (χ2v) is 8.08. The SMILES string of the molecule is CCc1nc(-c2ccc(Cl)cc2Cl)c(CC)nc1N[C@H]1c2ccccc2C[C@H]1O. The van der Waals surface area contributed by atoms with Crippen LogP contribution in [0.3, 0.4) is 0 Å². The maximum atomic E-state index is 10.6. The van der Waals surface area contributed by atoms with Crippen LogP contribution in [0.15, 0.2) is 42.5 Å². The van der Waals surface area contributed by atoms with Gasteiger partial charge in [0.2, 0.25) is 0 Å². The predicted molar refractivity (Wildman–Crippen MR) is 119 cm³/mol. The number of aliphatic hydroxyl groups excluding tert-OH is 1. The van der Waals surface area contributed by atoms with E-state index in [9.17, 15) is 5.11 Å². The standard InChI is InChI=1S/C23H23Cl2N3O/c1-3-18-21(16-10-9-14(24)12-17(16)25)26-19(4-2)23(27-18)28-22-15-8-6-5-7-13(15)11-20(22)29/h5-10,12,20,22,29H,3-4,11H2,1-2H3,(H,27,28)/t20-,22+/m1/s1. The lowest BCUT2D eigenvalue weighted by molar-refractivity contribution is 0.165. The van der Waals surface area contributed by atoms with Crippen LogP contribution in [0.4, 0.5) is 5.82 Å². The fourth-order valence-electron chi connectivity index (χ4n) is 3.91. The van der Waals surface area contributed by atoms with Gasteiger partial charge in [-0.1, -0.05) is 61.3 Å². The topological polar surface area (TPSA) is 58.0 Å². The first kappa shape index (κ1) is 20.1. The summed E-state index contributed by atoms with van der Waals surface area (Å²) in [5.41, 5.74) is 5.60. The van der Waals surface area contributed by atoms with Gasteiger partial charge < -0.3 is 10.4 Å². The van der Waals surface area contributed by atoms with Crippen LogP contribution in [-0.4, -0.2) is 21.2 Å². The molecule has 2 aromatic carbocycles. The van der Waals surface area contributed by atoms with Gasteiger partial charge in [0.15, 0.2) is 0 Å². The number of aliphatic hydroxyl groups is 1. The maximum absolute atomic E-state index is 10.6. The minimum absolute atomic E-state index is 0.194. The Labute approximate surface area is 180 Å². The fourth-order valence-corrected chi connectivity index (χ4v) is 4.40. The Bertz CT molecular complexity index is 1050. The van der Waals surface area contributed by atoms with Gasteiger partial charge in [0.1, 0.15) is 5.82 Å². The first-order chi connectivity index (χ1) is 14.0. The van der Waals surface area contributed by atoms with E-state index in [-0.39, 0.29) is 6.04 Å². The second kappa shape index (κ2) is 8.31. The third-order valence-corrected chi connectivity index (χ3v) is 5.94. The number of nitrogens with one attached hydrogen (secondary N) is 1. The van der Waals surface area contributed by atoms with Gasteiger partial charge in [0.05, 0.1) is 34.3 Å². The number of rotatable bonds is 5. The normalized spacial score (nSPS) is 18.0. The van der Waals surface area contributed by atoms with Crippen LogP contribution in [0, 0.1) is 0 Å². The molecule has 0 spiro atoms. The Kier molecular flexibility index (Phi) is 5.77. The zero-order valence-electron chi connectivity index (χ0n) is 16.4. The third kappa shape index (κ3) is 3.85. The lowest BCUT2D eigenvalue weighted by atomic mass is 10.1. The number of anilines is 1. The molecule has 0 saturated carbocycles. The van der Waals surface area contributed by atoms with E-state index in [0.717, 1.165) is 34.0 Å². The lowest BCUT2D eigenvalue weighted by Gasteiger charge is -2.21. The zero-order chi connectivity index (χ0) is 20.5. The third-order valence-electron chi connectivity index (χ3n) is 5.39. The molecular weight excluding hydrogens is 405 g/mol. The lowest BCUT2D eigenvalue weighted by Crippen LogP contribution is -2.23. The second-order valence-electron chi connectivity index (χ2n) is 7.24. The molecule has 4 nitrogen and oxygen atoms in total. The number of nitrogens with zero attached hydrogens (tertiary/aromatic N) is 2. The number of hydrogen-bond acceptors (Lipinski definition) is 4. The molecule has 1 heterocycles. The van der Waals surface area contributed by atoms with Gasteiger partial charge in [-0.05, 0) is 42.2 Å². The van der Waals surface area contributed by atoms with E-state index in [4.69, 9.17) is 33.2 Å². The van der Waals surface area contributed by atoms with Crippen molar-refractivity contribution in [3.63, 3.8) is 0 Å². The molecule has 0 amide bonds. The molecule has 6 heteroatoms. The van der Waals surface area contributed by atoms with Gasteiger partial charge in [-0.15, -0.1) is 0 Å². The van der Waals surface area contributed by atoms with E-state index < -0.39 is 6.10 Å². The van der Waals surface area contributed by atoms with Crippen molar-refractivity contribution in [3.8, 4) is 11.3 Å². The average molecular weight is 428 g/mol. The van der Waals surface area contributed by atoms with Crippen LogP contribution in [0.25, 0.3) is 11.3 Å². The minimum atomic E-state index is -0.491. The van der Waals surface area contributed by atoms with Crippen molar-refractivity contribution in [2.45, 2.75) is 45.3 Å². The highest BCUT2D eigenvalue weighted by atomic mass is 35.5. The van der Waals surface area contributed by atoms with Gasteiger partial charge in [-0.25, -0.2) is 9.97 Å². The van der Waals surface area contributed by atoms with Gasteiger partial charge >= 0.3 is 0 Å². The average Bonchev–Trinajstić information content (AvgIpc) is 3.03. The van der Waals surface area contributed by atoms with Crippen LogP contribution < -0.4 is 5.32 Å². The summed E-state index contributed by atoms with van der Waals surface area (Å²) in [5.74, 6) is 0.721. The van der Waals surface area contributed by atoms with Gasteiger partial charge in [0.25, 0.3) is 0 Å². The summed E-state index contributed by atoms with van der Waals surface area (Å²) in [5, 5.41) is 15.2. The van der Waals surface area contributed by atoms with E-state index in [2.05, 4.69) is 17.4 Å². The largest absolute Gasteiger partial charge is 0.390 e. The summed E-state index contributed by atoms with van der Waals surface area (Å²) < 4.78 is 0. The number of aromatic nitrogens is 2. The van der Waals surface area contributed by atoms with Crippen molar-refractivity contribution in [3.05, 3.63) is 75.0 Å². The molecule has 1 aliphatic rings. The molecule has 3 aromatic rings. The highest BCUT2D eigenvalue weighted by Crippen LogP contribution is 2.36. The van der Waals surface area contributed by atoms with E-state index in [1.807, 2.05) is 38.1 Å². The highest BCUT2D eigenvalue weighted by Gasteiger charge is 2.31. The summed E-state index contributed by atoms with van der Waals surface area (Å²) in [4.78, 5) is 9.81. The molecule has 0 saturated heterocycles. The molecule has 0 bridgehead atoms. The predicted octanol–water partition coefficient (Wildman–Crippen LogP) is 5.65. The summed E-state index contributed by atoms with van der Waals surface area (Å²) in [6.07, 6.45) is 1.57. The summed E-state index contributed by atoms with van der Waals surface area (Å²) in [6, 6.07) is 13.4. The molecule has 1 aromatic heterocycles. The number of benzene rings is 2. The molecule has 0 radical (unpaired) electrons. The van der Waals surface area contributed by atoms with Crippen LogP contribution in [0.2, 0.25) is 10.0 Å². The number of hydrogen-bond donors (Lipinski definition) is 2. The van der Waals surface area contributed by atoms with E-state index in [0.29, 0.717) is 29.3 Å². The molecule has 2 atom stereocenters. The molecule has 0 unspecified atom stereocenters. The Morgan fingerprint density at radius 2 is 1.79 bits per heavy atom. The summed E-state index contributed by atoms with van der Waals surface area (Å²) in [6.45, 7) is 4.10. The molecule has 4 rings (SSSR count). The zero-order valence-corrected chi connectivity index (χ0v) is 17.9. The van der Waals surface area contributed by atoms with Gasteiger partial charge in [-0.3, -0.25) is 0 Å². The molecule has 150 valence electrons. The van der Waals surface area contributed by atoms with Crippen molar-refractivity contribution in [2.75, 3.05) is 5.32 Å². The highest BCUT2D eigenvalue weighted by molar-refractivity contribution is 6.36. The van der Waals surface area contributed by atoms with Crippen molar-refractivity contribution < 1.29 is 5.11 Å². The van der Waals surface area contributed by atoms with Crippen molar-refractivity contribution in [1.82, 2.24) is 9.97 Å². The van der Waals surface area contributed by atoms with Crippen LogP contribution in [-0.2, 0) is 19.3 Å². The number of aryl methyl sites for hydroxylation is 2. The molecule has 0 fully saturated rings. The van der Waals surface area contributed by atoms with Crippen molar-refractivity contribution in [1.29, 1.82) is 0 Å². The molecular formula is C23H23Cl2N3O. The number of fused-ring (bicyclic) bond motifs is 1. The van der Waals surface area contributed by atoms with Crippen LogP contribution in [0.5, 0.6) is 0 Å². The Hall–Kier alpha value is -2.14. The molecule has 29 heavy (non-hydrogen) atoms. The van der Waals surface area contributed by atoms with Crippen molar-refractivity contribution in [2.24, 2.45) is 0 Å². The van der Waals surface area contributed by atoms with Crippen LogP contribution in [0.1, 0.15) is 42.4 Å². The quantitative estimate of drug-likeness (QED) is 0.552. The fraction of sp³-hybridized carbons (Fsp3) is 0.304. The molecule has 1 aliphatic carbocycles. The number of halogens is 2. The van der Waals surface area contributed by atoms with Gasteiger partial charge in [-0.2, -0.15) is 0 Å². The Morgan fingerprint density at radius 3 is 2.52 bits per heavy atom.